The van der Waals surface area contributed by atoms with Crippen LogP contribution in [-0.4, -0.2) is 25.9 Å². The molecule has 0 fully saturated rings. The molecular formula is C3H6AlCl3O. The molecule has 0 bridgehead atoms. The molecule has 0 aliphatic heterocycles. The van der Waals surface area contributed by atoms with E-state index in [2.05, 4.69) is 0 Å². The van der Waals surface area contributed by atoms with Gasteiger partial charge in [-0.3, -0.25) is 10.0 Å². The first-order chi connectivity index (χ1) is 3.77. The molecule has 5 heteroatoms. The molecule has 0 radical (unpaired) electrons. The summed E-state index contributed by atoms with van der Waals surface area (Å²) in [4.78, 5) is 0. The first kappa shape index (κ1) is 9.36. The Hall–Kier alpha value is 1.36. The predicted molar refractivity (Wildman–Crippen MR) is 39.3 cm³/mol. The second-order valence-corrected chi connectivity index (χ2v) is 4.41. The van der Waals surface area contributed by atoms with Gasteiger partial charge in [0.15, 0.2) is 0 Å². The third-order valence-corrected chi connectivity index (χ3v) is 2.13. The monoisotopic (exact) mass is 190 g/mol. The minimum atomic E-state index is -0.688. The zero-order valence-electron chi connectivity index (χ0n) is 4.24. The van der Waals surface area contributed by atoms with E-state index in [0.29, 0.717) is 6.61 Å². The van der Waals surface area contributed by atoms with Crippen molar-refractivity contribution in [1.82, 2.24) is 0 Å². The summed E-state index contributed by atoms with van der Waals surface area (Å²) in [5.41, 5.74) is 0. The Morgan fingerprint density at radius 2 is 2.12 bits per heavy atom. The molecule has 1 nitrogen and oxygen atoms in total. The number of rotatable bonds is 4. The summed E-state index contributed by atoms with van der Waals surface area (Å²) >= 11 is 10.1. The Kier molecular flexibility index (Phi) is 7.59. The molecule has 0 amide bonds. The van der Waals surface area contributed by atoms with Gasteiger partial charge in [0.25, 0.3) is 0 Å². The van der Waals surface area contributed by atoms with Crippen LogP contribution >= 0.6 is 33.3 Å². The molecule has 0 heterocycles. The lowest BCUT2D eigenvalue weighted by atomic mass is 10.9. The van der Waals surface area contributed by atoms with E-state index in [1.807, 2.05) is 0 Å². The number of ether oxygens (including phenoxy) is 1. The van der Waals surface area contributed by atoms with Crippen LogP contribution in [0.1, 0.15) is 0 Å². The van der Waals surface area contributed by atoms with Crippen molar-refractivity contribution in [2.24, 2.45) is 0 Å². The first-order valence-electron chi connectivity index (χ1n) is 2.23. The predicted octanol–water partition coefficient (Wildman–Crippen LogP) is 1.77. The van der Waals surface area contributed by atoms with Gasteiger partial charge in [-0.15, -0.1) is 0 Å². The van der Waals surface area contributed by atoms with Crippen molar-refractivity contribution >= 4 is 47.5 Å². The summed E-state index contributed by atoms with van der Waals surface area (Å²) in [6.07, 6.45) is 0. The van der Waals surface area contributed by atoms with Crippen LogP contribution in [0.15, 0.2) is 0 Å². The van der Waals surface area contributed by atoms with E-state index in [9.17, 15) is 0 Å². The van der Waals surface area contributed by atoms with Gasteiger partial charge in [-0.25, -0.2) is 0 Å². The van der Waals surface area contributed by atoms with Gasteiger partial charge >= 0.3 is 14.3 Å². The second kappa shape index (κ2) is 6.48. The highest BCUT2D eigenvalue weighted by molar-refractivity contribution is 6.93. The van der Waals surface area contributed by atoms with E-state index in [1.54, 1.807) is 0 Å². The molecule has 0 aliphatic rings. The Morgan fingerprint density at radius 1 is 1.50 bits per heavy atom. The van der Waals surface area contributed by atoms with E-state index < -0.39 is 19.3 Å². The number of hydrogen-bond donors (Lipinski definition) is 0. The fourth-order valence-electron chi connectivity index (χ4n) is 0.227. The van der Waals surface area contributed by atoms with Gasteiger partial charge < -0.3 is 4.74 Å². The van der Waals surface area contributed by atoms with Crippen LogP contribution in [0.2, 0.25) is 5.28 Å². The molecule has 0 atom stereocenters. The Balaban J connectivity index is 2.72. The standard InChI is InChI=1S/C3H5Cl2O.Al.ClH.H/c1-2-6-3(4)5;;;/h3H,1-2H2;;1H;/q;+1;;/p-1. The van der Waals surface area contributed by atoms with E-state index >= 15 is 0 Å². The third kappa shape index (κ3) is 7.36. The summed E-state index contributed by atoms with van der Waals surface area (Å²) in [7, 11) is 5.46. The lowest BCUT2D eigenvalue weighted by molar-refractivity contribution is 0.169. The van der Waals surface area contributed by atoms with Crippen LogP contribution in [0.5, 0.6) is 0 Å². The first-order valence-corrected chi connectivity index (χ1v) is 6.24. The van der Waals surface area contributed by atoms with Crippen molar-refractivity contribution in [3.05, 3.63) is 0 Å². The molecule has 0 aliphatic carbocycles. The van der Waals surface area contributed by atoms with Crippen LogP contribution in [0.3, 0.4) is 0 Å². The maximum Gasteiger partial charge on any atom is 0.379 e. The Labute approximate surface area is 69.2 Å². The van der Waals surface area contributed by atoms with E-state index in [0.717, 1.165) is 5.28 Å². The van der Waals surface area contributed by atoms with Gasteiger partial charge in [0.1, 0.15) is 0 Å². The van der Waals surface area contributed by atoms with Crippen LogP contribution < -0.4 is 0 Å². The molecule has 48 valence electrons. The summed E-state index contributed by atoms with van der Waals surface area (Å²) < 4.78 is 4.76. The largest absolute Gasteiger partial charge is 0.379 e. The molecule has 0 N–H and O–H groups in total. The van der Waals surface area contributed by atoms with E-state index in [1.165, 1.54) is 0 Å². The summed E-state index contributed by atoms with van der Waals surface area (Å²) in [5, 5.41) is 0.240. The van der Waals surface area contributed by atoms with Crippen molar-refractivity contribution < 1.29 is 4.74 Å². The maximum atomic E-state index is 5.46. The topological polar surface area (TPSA) is 9.23 Å². The number of halogens is 3. The molecule has 0 saturated carbocycles. The highest BCUT2D eigenvalue weighted by Crippen LogP contribution is 2.03. The average Bonchev–Trinajstić information content (AvgIpc) is 1.66. The maximum absolute atomic E-state index is 5.46. The van der Waals surface area contributed by atoms with Gasteiger partial charge in [0.05, 0.1) is 0 Å². The van der Waals surface area contributed by atoms with E-state index in [4.69, 9.17) is 38.0 Å². The lowest BCUT2D eigenvalue weighted by Crippen LogP contribution is -1.98. The zero-order valence-corrected chi connectivity index (χ0v) is 7.92. The molecule has 0 rings (SSSR count). The quantitative estimate of drug-likeness (QED) is 0.374. The van der Waals surface area contributed by atoms with Crippen LogP contribution in [0.4, 0.5) is 0 Å². The highest BCUT2D eigenvalue weighted by atomic mass is 35.6. The molecule has 0 aromatic heterocycles. The fourth-order valence-corrected chi connectivity index (χ4v) is 1.01. The van der Waals surface area contributed by atoms with Crippen LogP contribution in [0.25, 0.3) is 0 Å². The van der Waals surface area contributed by atoms with Gasteiger partial charge in [-0.1, -0.05) is 28.5 Å². The van der Waals surface area contributed by atoms with Crippen molar-refractivity contribution in [3.63, 3.8) is 0 Å². The van der Waals surface area contributed by atoms with Gasteiger partial charge in [0, 0.05) is 6.61 Å². The number of hydrogen-bond acceptors (Lipinski definition) is 1. The molecular weight excluding hydrogens is 185 g/mol. The SMILES string of the molecule is [Cl][AlH][CH2]COC(Cl)Cl. The normalized spacial score (nSPS) is 10.0. The smallest absolute Gasteiger partial charge is 0.350 e. The van der Waals surface area contributed by atoms with Gasteiger partial charge in [-0.2, -0.15) is 0 Å². The van der Waals surface area contributed by atoms with Crippen LogP contribution in [0, 0.1) is 0 Å². The van der Waals surface area contributed by atoms with Crippen molar-refractivity contribution in [3.8, 4) is 0 Å². The average molecular weight is 191 g/mol. The van der Waals surface area contributed by atoms with Gasteiger partial charge in [0.2, 0.25) is 5.02 Å². The zero-order chi connectivity index (χ0) is 6.41. The minimum absolute atomic E-state index is 0.399. The second-order valence-electron chi connectivity index (χ2n) is 1.17. The summed E-state index contributed by atoms with van der Waals surface area (Å²) in [5.74, 6) is 0. The Morgan fingerprint density at radius 3 is 2.50 bits per heavy atom. The molecule has 0 aromatic rings. The Bertz CT molecular complexity index is 51.8. The highest BCUT2D eigenvalue weighted by Gasteiger charge is 1.96. The molecule has 8 heavy (non-hydrogen) atoms. The summed E-state index contributed by atoms with van der Waals surface area (Å²) in [6, 6.07) is 0. The summed E-state index contributed by atoms with van der Waals surface area (Å²) in [6.45, 7) is 0.591. The third-order valence-electron chi connectivity index (χ3n) is 0.522. The van der Waals surface area contributed by atoms with Crippen LogP contribution in [-0.2, 0) is 4.74 Å². The molecule has 0 spiro atoms. The van der Waals surface area contributed by atoms with E-state index in [-0.39, 0.29) is 0 Å². The number of alkyl halides is 2. The van der Waals surface area contributed by atoms with Crippen molar-refractivity contribution in [1.29, 1.82) is 0 Å². The minimum Gasteiger partial charge on any atom is -0.350 e. The molecule has 0 unspecified atom stereocenters. The lowest BCUT2D eigenvalue weighted by Gasteiger charge is -1.99. The van der Waals surface area contributed by atoms with Gasteiger partial charge in [-0.05, 0) is 0 Å². The molecule has 0 saturated heterocycles. The van der Waals surface area contributed by atoms with Crippen molar-refractivity contribution in [2.75, 3.05) is 6.61 Å². The molecule has 0 aromatic carbocycles. The van der Waals surface area contributed by atoms with Crippen molar-refractivity contribution in [2.45, 2.75) is 10.3 Å². The fraction of sp³-hybridized carbons (Fsp3) is 1.00.